The molecule has 0 aromatic heterocycles. The third-order valence-corrected chi connectivity index (χ3v) is 2.30. The minimum atomic E-state index is -1.01. The topological polar surface area (TPSA) is 72.8 Å². The summed E-state index contributed by atoms with van der Waals surface area (Å²) in [5.74, 6) is -2.43. The third kappa shape index (κ3) is 2.68. The first kappa shape index (κ1) is 13.3. The maximum atomic E-state index is 11.7. The molecule has 0 radical (unpaired) electrons. The number of hydrogen-bond donors (Lipinski definition) is 1. The number of ether oxygens (including phenoxy) is 2. The summed E-state index contributed by atoms with van der Waals surface area (Å²) in [4.78, 5) is 22.9. The number of benzene rings is 1. The van der Waals surface area contributed by atoms with Gasteiger partial charge in [0.1, 0.15) is 0 Å². The highest BCUT2D eigenvalue weighted by atomic mass is 35.5. The molecule has 0 bridgehead atoms. The summed E-state index contributed by atoms with van der Waals surface area (Å²) in [5.41, 5.74) is -0.0900. The van der Waals surface area contributed by atoms with Gasteiger partial charge in [-0.1, -0.05) is 11.6 Å². The predicted molar refractivity (Wildman–Crippen MR) is 60.6 cm³/mol. The zero-order valence-electron chi connectivity index (χ0n) is 9.32. The maximum absolute atomic E-state index is 11.7. The fourth-order valence-corrected chi connectivity index (χ4v) is 1.39. The molecular weight excluding hydrogens is 248 g/mol. The number of Topliss-reactive ketones (excluding diaryl/α,β-unsaturated/α-hetero) is 1. The molecule has 0 fully saturated rings. The van der Waals surface area contributed by atoms with Gasteiger partial charge in [-0.05, 0) is 19.1 Å². The Balaban J connectivity index is 3.18. The highest BCUT2D eigenvalue weighted by Gasteiger charge is 2.24. The van der Waals surface area contributed by atoms with E-state index < -0.39 is 11.8 Å². The highest BCUT2D eigenvalue weighted by molar-refractivity contribution is 6.42. The molecule has 0 heterocycles. The number of aromatic hydroxyl groups is 1. The quantitative estimate of drug-likeness (QED) is 0.506. The van der Waals surface area contributed by atoms with Crippen molar-refractivity contribution in [2.45, 2.75) is 6.92 Å². The molecule has 0 saturated carbocycles. The third-order valence-electron chi connectivity index (χ3n) is 1.99. The van der Waals surface area contributed by atoms with Crippen molar-refractivity contribution in [1.82, 2.24) is 0 Å². The molecule has 0 aliphatic heterocycles. The van der Waals surface area contributed by atoms with Crippen LogP contribution in [0.15, 0.2) is 12.1 Å². The molecule has 1 N–H and O–H groups in total. The van der Waals surface area contributed by atoms with Gasteiger partial charge >= 0.3 is 5.97 Å². The molecule has 17 heavy (non-hydrogen) atoms. The zero-order valence-corrected chi connectivity index (χ0v) is 10.1. The van der Waals surface area contributed by atoms with Gasteiger partial charge in [-0.15, -0.1) is 0 Å². The SMILES string of the molecule is CCOC(=O)C(=O)c1ccc(Cl)c(O)c1OC. The summed E-state index contributed by atoms with van der Waals surface area (Å²) in [6.07, 6.45) is 0. The second kappa shape index (κ2) is 5.54. The minimum Gasteiger partial charge on any atom is -0.503 e. The van der Waals surface area contributed by atoms with Crippen LogP contribution in [0.2, 0.25) is 5.02 Å². The molecule has 0 aliphatic rings. The number of carbonyl (C=O) groups is 2. The molecule has 0 unspecified atom stereocenters. The normalized spacial score (nSPS) is 9.82. The van der Waals surface area contributed by atoms with Crippen LogP contribution >= 0.6 is 11.6 Å². The van der Waals surface area contributed by atoms with Crippen LogP contribution in [0.1, 0.15) is 17.3 Å². The Bertz CT molecular complexity index is 455. The van der Waals surface area contributed by atoms with Crippen molar-refractivity contribution in [3.63, 3.8) is 0 Å². The van der Waals surface area contributed by atoms with E-state index in [9.17, 15) is 14.7 Å². The van der Waals surface area contributed by atoms with Crippen LogP contribution in [0.3, 0.4) is 0 Å². The van der Waals surface area contributed by atoms with Crippen molar-refractivity contribution in [3.8, 4) is 11.5 Å². The molecule has 1 aromatic rings. The standard InChI is InChI=1S/C11H11ClO5/c1-3-17-11(15)8(13)6-4-5-7(12)9(14)10(6)16-2/h4-5,14H,3H2,1-2H3. The molecule has 6 heteroatoms. The number of halogens is 1. The fraction of sp³-hybridized carbons (Fsp3) is 0.273. The minimum absolute atomic E-state index is 0.0299. The molecule has 0 amide bonds. The zero-order chi connectivity index (χ0) is 13.0. The van der Waals surface area contributed by atoms with E-state index in [1.807, 2.05) is 0 Å². The van der Waals surface area contributed by atoms with E-state index in [0.29, 0.717) is 0 Å². The summed E-state index contributed by atoms with van der Waals surface area (Å²) in [5, 5.41) is 9.61. The largest absolute Gasteiger partial charge is 0.503 e. The molecule has 0 atom stereocenters. The first-order valence-electron chi connectivity index (χ1n) is 4.79. The molecule has 5 nitrogen and oxygen atoms in total. The number of rotatable bonds is 4. The molecule has 0 saturated heterocycles. The number of esters is 1. The lowest BCUT2D eigenvalue weighted by Crippen LogP contribution is -2.18. The van der Waals surface area contributed by atoms with Gasteiger partial charge < -0.3 is 14.6 Å². The van der Waals surface area contributed by atoms with E-state index in [0.717, 1.165) is 0 Å². The number of ketones is 1. The van der Waals surface area contributed by atoms with E-state index in [1.54, 1.807) is 6.92 Å². The number of methoxy groups -OCH3 is 1. The molecule has 0 aliphatic carbocycles. The lowest BCUT2D eigenvalue weighted by atomic mass is 10.1. The van der Waals surface area contributed by atoms with Gasteiger partial charge in [0.25, 0.3) is 5.78 Å². The Morgan fingerprint density at radius 1 is 1.41 bits per heavy atom. The van der Waals surface area contributed by atoms with Crippen molar-refractivity contribution in [2.75, 3.05) is 13.7 Å². The van der Waals surface area contributed by atoms with Crippen molar-refractivity contribution < 1.29 is 24.2 Å². The summed E-state index contributed by atoms with van der Waals surface area (Å²) in [6, 6.07) is 2.59. The molecule has 1 rings (SSSR count). The van der Waals surface area contributed by atoms with Crippen LogP contribution in [0.4, 0.5) is 0 Å². The summed E-state index contributed by atoms with van der Waals surface area (Å²) in [7, 11) is 1.26. The van der Waals surface area contributed by atoms with Crippen LogP contribution in [-0.2, 0) is 9.53 Å². The van der Waals surface area contributed by atoms with Gasteiger partial charge in [0, 0.05) is 0 Å². The van der Waals surface area contributed by atoms with Crippen LogP contribution in [0.25, 0.3) is 0 Å². The van der Waals surface area contributed by atoms with E-state index in [2.05, 4.69) is 4.74 Å². The van der Waals surface area contributed by atoms with Gasteiger partial charge in [-0.25, -0.2) is 4.79 Å². The Hall–Kier alpha value is -1.75. The summed E-state index contributed by atoms with van der Waals surface area (Å²) < 4.78 is 9.41. The monoisotopic (exact) mass is 258 g/mol. The molecule has 92 valence electrons. The van der Waals surface area contributed by atoms with Crippen LogP contribution in [0, 0.1) is 0 Å². The molecular formula is C11H11ClO5. The van der Waals surface area contributed by atoms with Crippen LogP contribution in [0.5, 0.6) is 11.5 Å². The lowest BCUT2D eigenvalue weighted by molar-refractivity contribution is -0.137. The first-order chi connectivity index (χ1) is 8.02. The van der Waals surface area contributed by atoms with Gasteiger partial charge in [-0.3, -0.25) is 4.79 Å². The van der Waals surface area contributed by atoms with Crippen molar-refractivity contribution in [2.24, 2.45) is 0 Å². The second-order valence-corrected chi connectivity index (χ2v) is 3.43. The van der Waals surface area contributed by atoms with Crippen molar-refractivity contribution >= 4 is 23.4 Å². The van der Waals surface area contributed by atoms with Gasteiger partial charge in [-0.2, -0.15) is 0 Å². The van der Waals surface area contributed by atoms with Crippen molar-refractivity contribution in [3.05, 3.63) is 22.7 Å². The first-order valence-corrected chi connectivity index (χ1v) is 5.17. The molecule has 1 aromatic carbocycles. The number of phenols is 1. The fourth-order valence-electron chi connectivity index (χ4n) is 1.24. The highest BCUT2D eigenvalue weighted by Crippen LogP contribution is 2.36. The Labute approximate surface area is 103 Å². The smallest absolute Gasteiger partial charge is 0.379 e. The number of hydrogen-bond acceptors (Lipinski definition) is 5. The Morgan fingerprint density at radius 2 is 2.06 bits per heavy atom. The second-order valence-electron chi connectivity index (χ2n) is 3.03. The average molecular weight is 259 g/mol. The summed E-state index contributed by atoms with van der Waals surface area (Å²) in [6.45, 7) is 1.67. The van der Waals surface area contributed by atoms with E-state index in [-0.39, 0.29) is 28.7 Å². The predicted octanol–water partition coefficient (Wildman–Crippen LogP) is 1.80. The number of carbonyl (C=O) groups excluding carboxylic acids is 2. The van der Waals surface area contributed by atoms with Crippen LogP contribution in [-0.4, -0.2) is 30.6 Å². The van der Waals surface area contributed by atoms with E-state index >= 15 is 0 Å². The van der Waals surface area contributed by atoms with Gasteiger partial charge in [0.2, 0.25) is 0 Å². The Morgan fingerprint density at radius 3 is 2.59 bits per heavy atom. The lowest BCUT2D eigenvalue weighted by Gasteiger charge is -2.09. The average Bonchev–Trinajstić information content (AvgIpc) is 2.31. The van der Waals surface area contributed by atoms with E-state index in [1.165, 1.54) is 19.2 Å². The van der Waals surface area contributed by atoms with Gasteiger partial charge in [0.15, 0.2) is 11.5 Å². The van der Waals surface area contributed by atoms with E-state index in [4.69, 9.17) is 16.3 Å². The number of phenolic OH excluding ortho intramolecular Hbond substituents is 1. The van der Waals surface area contributed by atoms with Crippen LogP contribution < -0.4 is 4.74 Å². The van der Waals surface area contributed by atoms with Gasteiger partial charge in [0.05, 0.1) is 24.3 Å². The molecule has 0 spiro atoms. The van der Waals surface area contributed by atoms with Crippen molar-refractivity contribution in [1.29, 1.82) is 0 Å². The summed E-state index contributed by atoms with van der Waals surface area (Å²) >= 11 is 5.65. The maximum Gasteiger partial charge on any atom is 0.379 e. The Kier molecular flexibility index (Phi) is 4.34.